The molecule has 0 aliphatic carbocycles. The molecule has 3 rings (SSSR count). The molecule has 0 bridgehead atoms. The van der Waals surface area contributed by atoms with Crippen LogP contribution in [0.5, 0.6) is 0 Å². The van der Waals surface area contributed by atoms with Crippen LogP contribution in [0.4, 0.5) is 4.39 Å². The van der Waals surface area contributed by atoms with Crippen molar-refractivity contribution in [2.45, 2.75) is 24.7 Å². The second-order valence-corrected chi connectivity index (χ2v) is 8.89. The van der Waals surface area contributed by atoms with E-state index < -0.39 is 27.2 Å². The fraction of sp³-hybridized carbons (Fsp3) is 0.412. The average molecular weight is 381 g/mol. The number of halogens is 1. The Balaban J connectivity index is 1.80. The Labute approximate surface area is 150 Å². The topological polar surface area (TPSA) is 101 Å². The van der Waals surface area contributed by atoms with Gasteiger partial charge in [0.2, 0.25) is 0 Å². The van der Waals surface area contributed by atoms with Crippen LogP contribution in [0.25, 0.3) is 0 Å². The number of rotatable bonds is 4. The number of sulfone groups is 1. The number of hydrogen-bond acceptors (Lipinski definition) is 5. The molecule has 2 heterocycles. The number of carbonyl (C=O) groups is 1. The fourth-order valence-corrected chi connectivity index (χ4v) is 4.46. The minimum absolute atomic E-state index is 0.0202. The summed E-state index contributed by atoms with van der Waals surface area (Å²) in [6.07, 6.45) is 0.278. The van der Waals surface area contributed by atoms with Crippen LogP contribution in [-0.2, 0) is 34.7 Å². The standard InChI is InChI=1S/C17H20FN3O4S/c1-17(23,11-4-3-5-12(18)8-11)10-19-16(22)15-13-9-26(24,25)7-6-14(13)20-21(15)2/h3-5,8,23H,6-7,9-10H2,1-2H3,(H,19,22). The molecule has 1 amide bonds. The first-order valence-corrected chi connectivity index (χ1v) is 9.93. The van der Waals surface area contributed by atoms with Crippen LogP contribution in [0, 0.1) is 5.82 Å². The quantitative estimate of drug-likeness (QED) is 0.811. The van der Waals surface area contributed by atoms with Crippen molar-refractivity contribution in [3.8, 4) is 0 Å². The number of aliphatic hydroxyl groups is 1. The van der Waals surface area contributed by atoms with Gasteiger partial charge < -0.3 is 10.4 Å². The number of benzene rings is 1. The second kappa shape index (κ2) is 6.48. The van der Waals surface area contributed by atoms with Gasteiger partial charge in [0.15, 0.2) is 9.84 Å². The molecule has 1 atom stereocenters. The van der Waals surface area contributed by atoms with Gasteiger partial charge in [0.1, 0.15) is 17.1 Å². The zero-order chi connectivity index (χ0) is 19.1. The van der Waals surface area contributed by atoms with E-state index in [1.165, 1.54) is 29.8 Å². The lowest BCUT2D eigenvalue weighted by Gasteiger charge is -2.24. The van der Waals surface area contributed by atoms with Crippen LogP contribution < -0.4 is 5.32 Å². The summed E-state index contributed by atoms with van der Waals surface area (Å²) in [6.45, 7) is 1.30. The van der Waals surface area contributed by atoms with Crippen molar-refractivity contribution >= 4 is 15.7 Å². The summed E-state index contributed by atoms with van der Waals surface area (Å²) < 4.78 is 38.5. The molecule has 1 aromatic carbocycles. The molecule has 0 saturated carbocycles. The van der Waals surface area contributed by atoms with Gasteiger partial charge in [0.25, 0.3) is 5.91 Å². The number of nitrogens with zero attached hydrogens (tertiary/aromatic N) is 2. The summed E-state index contributed by atoms with van der Waals surface area (Å²) in [6, 6.07) is 5.50. The zero-order valence-corrected chi connectivity index (χ0v) is 15.3. The van der Waals surface area contributed by atoms with E-state index in [-0.39, 0.29) is 30.2 Å². The minimum atomic E-state index is -3.25. The summed E-state index contributed by atoms with van der Waals surface area (Å²) in [7, 11) is -1.68. The highest BCUT2D eigenvalue weighted by molar-refractivity contribution is 7.90. The van der Waals surface area contributed by atoms with Crippen LogP contribution >= 0.6 is 0 Å². The van der Waals surface area contributed by atoms with E-state index in [0.717, 1.165) is 0 Å². The SMILES string of the molecule is Cn1nc2c(c1C(=O)NCC(C)(O)c1cccc(F)c1)CS(=O)(=O)CC2. The van der Waals surface area contributed by atoms with E-state index in [4.69, 9.17) is 0 Å². The fourth-order valence-electron chi connectivity index (χ4n) is 3.07. The van der Waals surface area contributed by atoms with Crippen molar-refractivity contribution in [2.24, 2.45) is 7.05 Å². The van der Waals surface area contributed by atoms with E-state index >= 15 is 0 Å². The van der Waals surface area contributed by atoms with Crippen molar-refractivity contribution in [2.75, 3.05) is 12.3 Å². The van der Waals surface area contributed by atoms with E-state index in [1.807, 2.05) is 0 Å². The van der Waals surface area contributed by atoms with Gasteiger partial charge >= 0.3 is 0 Å². The van der Waals surface area contributed by atoms with Gasteiger partial charge in [-0.15, -0.1) is 0 Å². The summed E-state index contributed by atoms with van der Waals surface area (Å²) in [5.74, 6) is -1.22. The molecule has 1 aliphatic heterocycles. The first-order valence-electron chi connectivity index (χ1n) is 8.11. The summed E-state index contributed by atoms with van der Waals surface area (Å²) in [5.41, 5.74) is 0.0133. The molecule has 0 spiro atoms. The molecule has 2 aromatic rings. The Morgan fingerprint density at radius 1 is 1.46 bits per heavy atom. The van der Waals surface area contributed by atoms with Gasteiger partial charge in [0.05, 0.1) is 23.7 Å². The summed E-state index contributed by atoms with van der Waals surface area (Å²) in [5, 5.41) is 17.4. The Morgan fingerprint density at radius 2 is 2.19 bits per heavy atom. The molecular formula is C17H20FN3O4S. The van der Waals surface area contributed by atoms with Gasteiger partial charge in [0, 0.05) is 19.0 Å². The molecule has 7 nitrogen and oxygen atoms in total. The number of hydrogen-bond donors (Lipinski definition) is 2. The van der Waals surface area contributed by atoms with Gasteiger partial charge in [-0.2, -0.15) is 5.10 Å². The number of aryl methyl sites for hydroxylation is 2. The monoisotopic (exact) mass is 381 g/mol. The van der Waals surface area contributed by atoms with Gasteiger partial charge in [-0.3, -0.25) is 9.48 Å². The van der Waals surface area contributed by atoms with E-state index in [9.17, 15) is 22.7 Å². The normalized spacial score (nSPS) is 18.0. The maximum absolute atomic E-state index is 13.4. The van der Waals surface area contributed by atoms with Gasteiger partial charge in [-0.1, -0.05) is 12.1 Å². The predicted octanol–water partition coefficient (Wildman–Crippen LogP) is 0.668. The van der Waals surface area contributed by atoms with E-state index in [2.05, 4.69) is 10.4 Å². The minimum Gasteiger partial charge on any atom is -0.384 e. The van der Waals surface area contributed by atoms with E-state index in [1.54, 1.807) is 13.1 Å². The Kier molecular flexibility index (Phi) is 4.61. The number of carbonyl (C=O) groups excluding carboxylic acids is 1. The lowest BCUT2D eigenvalue weighted by Crippen LogP contribution is -2.39. The Hall–Kier alpha value is -2.26. The highest BCUT2D eigenvalue weighted by Crippen LogP contribution is 2.24. The largest absolute Gasteiger partial charge is 0.384 e. The molecule has 1 aliphatic rings. The molecule has 2 N–H and O–H groups in total. The van der Waals surface area contributed by atoms with Crippen LogP contribution in [0.3, 0.4) is 0 Å². The molecule has 1 aromatic heterocycles. The van der Waals surface area contributed by atoms with Crippen LogP contribution in [0.15, 0.2) is 24.3 Å². The van der Waals surface area contributed by atoms with Crippen LogP contribution in [-0.4, -0.2) is 41.5 Å². The third kappa shape index (κ3) is 3.63. The van der Waals surface area contributed by atoms with Crippen LogP contribution in [0.1, 0.15) is 34.2 Å². The Morgan fingerprint density at radius 3 is 2.88 bits per heavy atom. The second-order valence-electron chi connectivity index (χ2n) is 6.71. The highest BCUT2D eigenvalue weighted by Gasteiger charge is 2.31. The van der Waals surface area contributed by atoms with Crippen molar-refractivity contribution in [3.05, 3.63) is 52.6 Å². The number of nitrogens with one attached hydrogen (secondary N) is 1. The lowest BCUT2D eigenvalue weighted by atomic mass is 9.96. The van der Waals surface area contributed by atoms with Crippen molar-refractivity contribution in [3.63, 3.8) is 0 Å². The van der Waals surface area contributed by atoms with Crippen molar-refractivity contribution < 1.29 is 22.7 Å². The molecule has 0 radical (unpaired) electrons. The number of fused-ring (bicyclic) bond motifs is 1. The van der Waals surface area contributed by atoms with Crippen molar-refractivity contribution in [1.29, 1.82) is 0 Å². The molecule has 0 saturated heterocycles. The first-order chi connectivity index (χ1) is 12.1. The first kappa shape index (κ1) is 18.5. The maximum Gasteiger partial charge on any atom is 0.269 e. The molecule has 9 heteroatoms. The number of aromatic nitrogens is 2. The third-order valence-electron chi connectivity index (χ3n) is 4.50. The predicted molar refractivity (Wildman–Crippen MR) is 92.7 cm³/mol. The van der Waals surface area contributed by atoms with Gasteiger partial charge in [-0.25, -0.2) is 12.8 Å². The van der Waals surface area contributed by atoms with Crippen molar-refractivity contribution in [1.82, 2.24) is 15.1 Å². The summed E-state index contributed by atoms with van der Waals surface area (Å²) in [4.78, 5) is 12.6. The molecule has 0 fully saturated rings. The molecule has 1 unspecified atom stereocenters. The lowest BCUT2D eigenvalue weighted by molar-refractivity contribution is 0.0521. The average Bonchev–Trinajstić information content (AvgIpc) is 2.87. The molecular weight excluding hydrogens is 361 g/mol. The third-order valence-corrected chi connectivity index (χ3v) is 6.05. The van der Waals surface area contributed by atoms with E-state index in [0.29, 0.717) is 16.8 Å². The summed E-state index contributed by atoms with van der Waals surface area (Å²) >= 11 is 0. The smallest absolute Gasteiger partial charge is 0.269 e. The number of amides is 1. The maximum atomic E-state index is 13.4. The highest BCUT2D eigenvalue weighted by atomic mass is 32.2. The Bertz CT molecular complexity index is 966. The molecule has 26 heavy (non-hydrogen) atoms. The van der Waals surface area contributed by atoms with Crippen LogP contribution in [0.2, 0.25) is 0 Å². The zero-order valence-electron chi connectivity index (χ0n) is 14.5. The van der Waals surface area contributed by atoms with Gasteiger partial charge in [-0.05, 0) is 24.6 Å². The molecule has 140 valence electrons.